The van der Waals surface area contributed by atoms with Crippen LogP contribution in [-0.4, -0.2) is 50.4 Å². The van der Waals surface area contributed by atoms with Crippen LogP contribution in [0.15, 0.2) is 77.7 Å². The lowest BCUT2D eigenvalue weighted by Crippen LogP contribution is -2.55. The molecular weight excluding hydrogens is 545 g/mol. The molecule has 0 aliphatic rings. The molecule has 0 aromatic heterocycles. The van der Waals surface area contributed by atoms with Crippen LogP contribution in [0.25, 0.3) is 0 Å². The molecule has 220 valence electrons. The van der Waals surface area contributed by atoms with Gasteiger partial charge in [-0.25, -0.2) is 12.8 Å². The molecule has 8 nitrogen and oxygen atoms in total. The molecule has 3 aromatic rings. The van der Waals surface area contributed by atoms with Crippen molar-refractivity contribution in [1.29, 1.82) is 0 Å². The fourth-order valence-electron chi connectivity index (χ4n) is 4.27. The SMILES string of the molecule is CC[C@@H](C(=O)NC(C)(C)C)N(Cc1ccc(C)cc1)C(=O)CN(c1ccc(F)cc1)S(=O)(=O)c1ccc(OC)cc1. The number of carbonyl (C=O) groups is 2. The van der Waals surface area contributed by atoms with E-state index in [2.05, 4.69) is 5.32 Å². The van der Waals surface area contributed by atoms with E-state index < -0.39 is 39.9 Å². The summed E-state index contributed by atoms with van der Waals surface area (Å²) in [5.41, 5.74) is 1.40. The van der Waals surface area contributed by atoms with Crippen LogP contribution < -0.4 is 14.4 Å². The Morgan fingerprint density at radius 3 is 2.05 bits per heavy atom. The maximum absolute atomic E-state index is 14.1. The molecule has 0 bridgehead atoms. The average molecular weight is 584 g/mol. The van der Waals surface area contributed by atoms with Crippen molar-refractivity contribution in [3.8, 4) is 5.75 Å². The molecule has 3 aromatic carbocycles. The molecule has 1 N–H and O–H groups in total. The molecule has 0 saturated carbocycles. The molecule has 0 radical (unpaired) electrons. The summed E-state index contributed by atoms with van der Waals surface area (Å²) in [4.78, 5) is 28.8. The number of nitrogens with zero attached hydrogens (tertiary/aromatic N) is 2. The number of halogens is 1. The molecule has 3 rings (SSSR count). The van der Waals surface area contributed by atoms with Crippen molar-refractivity contribution in [3.63, 3.8) is 0 Å². The Hall–Kier alpha value is -3.92. The van der Waals surface area contributed by atoms with Gasteiger partial charge in [-0.05, 0) is 88.2 Å². The number of nitrogens with one attached hydrogen (secondary N) is 1. The van der Waals surface area contributed by atoms with Crippen LogP contribution in [0.5, 0.6) is 5.75 Å². The molecule has 0 saturated heterocycles. The molecule has 0 spiro atoms. The quantitative estimate of drug-likeness (QED) is 0.341. The largest absolute Gasteiger partial charge is 0.497 e. The van der Waals surface area contributed by atoms with Gasteiger partial charge in [0.25, 0.3) is 10.0 Å². The lowest BCUT2D eigenvalue weighted by Gasteiger charge is -2.34. The monoisotopic (exact) mass is 583 g/mol. The van der Waals surface area contributed by atoms with Gasteiger partial charge >= 0.3 is 0 Å². The fraction of sp³-hybridized carbons (Fsp3) is 0.355. The minimum atomic E-state index is -4.27. The number of anilines is 1. The number of hydrogen-bond acceptors (Lipinski definition) is 5. The first-order valence-corrected chi connectivity index (χ1v) is 14.8. The van der Waals surface area contributed by atoms with Crippen LogP contribution in [0.4, 0.5) is 10.1 Å². The van der Waals surface area contributed by atoms with E-state index in [1.807, 2.05) is 52.0 Å². The third kappa shape index (κ3) is 8.29. The van der Waals surface area contributed by atoms with E-state index in [0.29, 0.717) is 12.2 Å². The minimum absolute atomic E-state index is 0.0713. The van der Waals surface area contributed by atoms with Gasteiger partial charge in [0.2, 0.25) is 11.8 Å². The van der Waals surface area contributed by atoms with Gasteiger partial charge in [0.15, 0.2) is 0 Å². The van der Waals surface area contributed by atoms with Crippen molar-refractivity contribution in [2.75, 3.05) is 18.0 Å². The number of methoxy groups -OCH3 is 1. The van der Waals surface area contributed by atoms with Crippen molar-refractivity contribution >= 4 is 27.5 Å². The van der Waals surface area contributed by atoms with Gasteiger partial charge in [0.1, 0.15) is 24.2 Å². The first kappa shape index (κ1) is 31.6. The second kappa shape index (κ2) is 13.2. The van der Waals surface area contributed by atoms with Crippen LogP contribution in [0.3, 0.4) is 0 Å². The van der Waals surface area contributed by atoms with Crippen molar-refractivity contribution < 1.29 is 27.1 Å². The molecule has 41 heavy (non-hydrogen) atoms. The Labute approximate surface area is 242 Å². The van der Waals surface area contributed by atoms with Crippen LogP contribution in [0.2, 0.25) is 0 Å². The predicted octanol–water partition coefficient (Wildman–Crippen LogP) is 5.06. The highest BCUT2D eigenvalue weighted by atomic mass is 32.2. The Balaban J connectivity index is 2.06. The van der Waals surface area contributed by atoms with Crippen molar-refractivity contribution in [2.45, 2.75) is 64.1 Å². The summed E-state index contributed by atoms with van der Waals surface area (Å²) in [5, 5.41) is 2.94. The predicted molar refractivity (Wildman–Crippen MR) is 158 cm³/mol. The Kier molecular flexibility index (Phi) is 10.1. The highest BCUT2D eigenvalue weighted by Gasteiger charge is 2.34. The third-order valence-corrected chi connectivity index (χ3v) is 8.19. The van der Waals surface area contributed by atoms with Crippen LogP contribution >= 0.6 is 0 Å². The summed E-state index contributed by atoms with van der Waals surface area (Å²) in [6.45, 7) is 8.78. The Morgan fingerprint density at radius 1 is 0.951 bits per heavy atom. The zero-order valence-electron chi connectivity index (χ0n) is 24.3. The van der Waals surface area contributed by atoms with Gasteiger partial charge in [0.05, 0.1) is 17.7 Å². The maximum Gasteiger partial charge on any atom is 0.264 e. The zero-order valence-corrected chi connectivity index (χ0v) is 25.2. The summed E-state index contributed by atoms with van der Waals surface area (Å²) in [7, 11) is -2.81. The highest BCUT2D eigenvalue weighted by Crippen LogP contribution is 2.26. The third-order valence-electron chi connectivity index (χ3n) is 6.40. The number of ether oxygens (including phenoxy) is 1. The normalized spacial score (nSPS) is 12.4. The van der Waals surface area contributed by atoms with Crippen molar-refractivity contribution in [3.05, 3.63) is 89.7 Å². The van der Waals surface area contributed by atoms with E-state index in [4.69, 9.17) is 4.74 Å². The van der Waals surface area contributed by atoms with Gasteiger partial charge in [0, 0.05) is 12.1 Å². The smallest absolute Gasteiger partial charge is 0.264 e. The first-order chi connectivity index (χ1) is 19.2. The Morgan fingerprint density at radius 2 is 1.54 bits per heavy atom. The van der Waals surface area contributed by atoms with E-state index in [-0.39, 0.29) is 23.0 Å². The van der Waals surface area contributed by atoms with Gasteiger partial charge < -0.3 is 15.0 Å². The molecule has 0 unspecified atom stereocenters. The summed E-state index contributed by atoms with van der Waals surface area (Å²) in [5.74, 6) is -1.00. The lowest BCUT2D eigenvalue weighted by molar-refractivity contribution is -0.141. The van der Waals surface area contributed by atoms with Gasteiger partial charge in [-0.3, -0.25) is 13.9 Å². The highest BCUT2D eigenvalue weighted by molar-refractivity contribution is 7.92. The number of benzene rings is 3. The molecule has 0 aliphatic heterocycles. The van der Waals surface area contributed by atoms with Crippen molar-refractivity contribution in [2.24, 2.45) is 0 Å². The zero-order chi connectivity index (χ0) is 30.4. The maximum atomic E-state index is 14.1. The molecule has 0 heterocycles. The fourth-order valence-corrected chi connectivity index (χ4v) is 5.69. The summed E-state index contributed by atoms with van der Waals surface area (Å²) >= 11 is 0. The molecule has 0 aliphatic carbocycles. The van der Waals surface area contributed by atoms with Crippen LogP contribution in [0, 0.1) is 12.7 Å². The number of rotatable bonds is 11. The standard InChI is InChI=1S/C31H38FN3O5S/c1-7-28(30(37)33-31(3,4)5)34(20-23-10-8-22(2)9-11-23)29(36)21-35(25-14-12-24(32)13-15-25)41(38,39)27-18-16-26(40-6)17-19-27/h8-19,28H,7,20-21H2,1-6H3,(H,33,37)/t28-/m0/s1. The van der Waals surface area contributed by atoms with Gasteiger partial charge in [-0.15, -0.1) is 0 Å². The number of amides is 2. The van der Waals surface area contributed by atoms with E-state index in [1.54, 1.807) is 6.92 Å². The number of sulfonamides is 1. The summed E-state index contributed by atoms with van der Waals surface area (Å²) in [6, 6.07) is 17.3. The lowest BCUT2D eigenvalue weighted by atomic mass is 10.1. The summed E-state index contributed by atoms with van der Waals surface area (Å²) in [6.07, 6.45) is 0.307. The van der Waals surface area contributed by atoms with Gasteiger partial charge in [-0.1, -0.05) is 36.8 Å². The first-order valence-electron chi connectivity index (χ1n) is 13.3. The molecule has 0 fully saturated rings. The second-order valence-electron chi connectivity index (χ2n) is 10.8. The number of hydrogen-bond donors (Lipinski definition) is 1. The minimum Gasteiger partial charge on any atom is -0.497 e. The van der Waals surface area contributed by atoms with E-state index in [1.165, 1.54) is 48.4 Å². The molecule has 2 amide bonds. The van der Waals surface area contributed by atoms with Crippen LogP contribution in [0.1, 0.15) is 45.2 Å². The molecular formula is C31H38FN3O5S. The molecule has 10 heteroatoms. The number of aryl methyl sites for hydroxylation is 1. The van der Waals surface area contributed by atoms with E-state index in [0.717, 1.165) is 27.6 Å². The van der Waals surface area contributed by atoms with Gasteiger partial charge in [-0.2, -0.15) is 0 Å². The topological polar surface area (TPSA) is 96.0 Å². The van der Waals surface area contributed by atoms with Crippen molar-refractivity contribution in [1.82, 2.24) is 10.2 Å². The van der Waals surface area contributed by atoms with Crippen LogP contribution in [-0.2, 0) is 26.2 Å². The summed E-state index contributed by atoms with van der Waals surface area (Å²) < 4.78 is 47.6. The number of carbonyl (C=O) groups excluding carboxylic acids is 2. The van der Waals surface area contributed by atoms with E-state index in [9.17, 15) is 22.4 Å². The Bertz CT molecular complexity index is 1440. The molecule has 1 atom stereocenters. The van der Waals surface area contributed by atoms with E-state index >= 15 is 0 Å². The second-order valence-corrected chi connectivity index (χ2v) is 12.7. The average Bonchev–Trinajstić information content (AvgIpc) is 2.92.